The molecule has 1 aromatic heterocycles. The number of amides is 1. The number of nitrogens with zero attached hydrogens (tertiary/aromatic N) is 3. The van der Waals surface area contributed by atoms with E-state index in [1.165, 1.54) is 16.8 Å². The standard InChI is InChI=1S/C18H17BrFN5O2S/c1-11(17(26)22-13-6-4-5-12(19)9-13)28-18-24-23-16(25(18)21)10-27-15-8-3-2-7-14(15)20/h2-9,11H,10,21H2,1H3,(H,22,26). The maximum Gasteiger partial charge on any atom is 0.237 e. The van der Waals surface area contributed by atoms with Gasteiger partial charge in [-0.25, -0.2) is 9.07 Å². The monoisotopic (exact) mass is 465 g/mol. The van der Waals surface area contributed by atoms with E-state index in [1.807, 2.05) is 12.1 Å². The molecular formula is C18H17BrFN5O2S. The Morgan fingerprint density at radius 2 is 2.11 bits per heavy atom. The molecule has 2 aromatic carbocycles. The number of carbonyl (C=O) groups is 1. The third-order valence-corrected chi connectivity index (χ3v) is 5.22. The second kappa shape index (κ2) is 9.07. The van der Waals surface area contributed by atoms with Crippen LogP contribution in [-0.2, 0) is 11.4 Å². The number of ether oxygens (including phenoxy) is 1. The van der Waals surface area contributed by atoms with Gasteiger partial charge in [0.05, 0.1) is 5.25 Å². The zero-order chi connectivity index (χ0) is 20.1. The minimum Gasteiger partial charge on any atom is -0.482 e. The molecule has 3 aromatic rings. The molecule has 1 amide bonds. The number of carbonyl (C=O) groups excluding carboxylic acids is 1. The van der Waals surface area contributed by atoms with Crippen molar-refractivity contribution in [3.63, 3.8) is 0 Å². The molecule has 3 rings (SSSR count). The fourth-order valence-corrected chi connectivity index (χ4v) is 3.40. The van der Waals surface area contributed by atoms with Gasteiger partial charge in [-0.05, 0) is 37.3 Å². The van der Waals surface area contributed by atoms with Crippen molar-refractivity contribution in [1.82, 2.24) is 14.9 Å². The van der Waals surface area contributed by atoms with Crippen molar-refractivity contribution in [2.45, 2.75) is 23.9 Å². The summed E-state index contributed by atoms with van der Waals surface area (Å²) in [6, 6.07) is 13.3. The highest BCUT2D eigenvalue weighted by Gasteiger charge is 2.20. The van der Waals surface area contributed by atoms with E-state index in [0.29, 0.717) is 16.7 Å². The maximum atomic E-state index is 13.6. The molecule has 10 heteroatoms. The molecule has 0 saturated carbocycles. The molecule has 0 radical (unpaired) electrons. The second-order valence-corrected chi connectivity index (χ2v) is 7.97. The lowest BCUT2D eigenvalue weighted by Crippen LogP contribution is -2.24. The number of halogens is 2. The van der Waals surface area contributed by atoms with E-state index < -0.39 is 11.1 Å². The number of para-hydroxylation sites is 1. The highest BCUT2D eigenvalue weighted by atomic mass is 79.9. The van der Waals surface area contributed by atoms with Crippen LogP contribution in [0.3, 0.4) is 0 Å². The minimum absolute atomic E-state index is 0.0520. The Balaban J connectivity index is 1.60. The first-order valence-electron chi connectivity index (χ1n) is 8.24. The number of rotatable bonds is 7. The number of hydrogen-bond acceptors (Lipinski definition) is 6. The molecule has 0 saturated heterocycles. The average molecular weight is 466 g/mol. The van der Waals surface area contributed by atoms with Gasteiger partial charge in [0.2, 0.25) is 11.1 Å². The summed E-state index contributed by atoms with van der Waals surface area (Å²) in [6.07, 6.45) is 0. The van der Waals surface area contributed by atoms with Crippen LogP contribution >= 0.6 is 27.7 Å². The molecule has 1 heterocycles. The summed E-state index contributed by atoms with van der Waals surface area (Å²) in [6.45, 7) is 1.69. The van der Waals surface area contributed by atoms with E-state index in [-0.39, 0.29) is 18.3 Å². The lowest BCUT2D eigenvalue weighted by molar-refractivity contribution is -0.115. The number of hydrogen-bond donors (Lipinski definition) is 2. The third-order valence-electron chi connectivity index (χ3n) is 3.67. The van der Waals surface area contributed by atoms with Crippen LogP contribution in [0.15, 0.2) is 58.2 Å². The number of anilines is 1. The van der Waals surface area contributed by atoms with Gasteiger partial charge in [0, 0.05) is 10.2 Å². The summed E-state index contributed by atoms with van der Waals surface area (Å²) in [5, 5.41) is 10.6. The Morgan fingerprint density at radius 3 is 2.86 bits per heavy atom. The fraction of sp³-hybridized carbons (Fsp3) is 0.167. The smallest absolute Gasteiger partial charge is 0.237 e. The topological polar surface area (TPSA) is 95.1 Å². The first kappa shape index (κ1) is 20.2. The van der Waals surface area contributed by atoms with Crippen molar-refractivity contribution in [3.05, 3.63) is 64.6 Å². The number of aromatic nitrogens is 3. The van der Waals surface area contributed by atoms with Crippen molar-refractivity contribution in [2.24, 2.45) is 0 Å². The lowest BCUT2D eigenvalue weighted by atomic mass is 10.3. The predicted octanol–water partition coefficient (Wildman–Crippen LogP) is 3.59. The average Bonchev–Trinajstić information content (AvgIpc) is 3.01. The molecule has 0 aliphatic rings. The van der Waals surface area contributed by atoms with E-state index in [1.54, 1.807) is 31.2 Å². The Labute approximate surface area is 173 Å². The molecule has 0 aliphatic heterocycles. The molecule has 7 nitrogen and oxygen atoms in total. The Morgan fingerprint density at radius 1 is 1.32 bits per heavy atom. The zero-order valence-corrected chi connectivity index (χ0v) is 17.2. The molecule has 0 spiro atoms. The SMILES string of the molecule is CC(Sc1nnc(COc2ccccc2F)n1N)C(=O)Nc1cccc(Br)c1. The van der Waals surface area contributed by atoms with Gasteiger partial charge in [-0.1, -0.05) is 45.9 Å². The highest BCUT2D eigenvalue weighted by molar-refractivity contribution is 9.10. The number of nitrogens with one attached hydrogen (secondary N) is 1. The van der Waals surface area contributed by atoms with E-state index in [4.69, 9.17) is 10.6 Å². The van der Waals surface area contributed by atoms with Crippen molar-refractivity contribution in [2.75, 3.05) is 11.2 Å². The fourth-order valence-electron chi connectivity index (χ4n) is 2.21. The van der Waals surface area contributed by atoms with Gasteiger partial charge in [0.1, 0.15) is 6.61 Å². The molecule has 1 unspecified atom stereocenters. The predicted molar refractivity (Wildman–Crippen MR) is 109 cm³/mol. The lowest BCUT2D eigenvalue weighted by Gasteiger charge is -2.12. The van der Waals surface area contributed by atoms with Crippen molar-refractivity contribution in [1.29, 1.82) is 0 Å². The quantitative estimate of drug-likeness (QED) is 0.408. The normalized spacial score (nSPS) is 11.8. The van der Waals surface area contributed by atoms with E-state index in [9.17, 15) is 9.18 Å². The molecule has 0 bridgehead atoms. The third kappa shape index (κ3) is 5.02. The zero-order valence-electron chi connectivity index (χ0n) is 14.8. The van der Waals surface area contributed by atoms with Crippen LogP contribution in [0, 0.1) is 5.82 Å². The van der Waals surface area contributed by atoms with Gasteiger partial charge in [-0.2, -0.15) is 0 Å². The van der Waals surface area contributed by atoms with Gasteiger partial charge in [0.15, 0.2) is 17.4 Å². The Bertz CT molecular complexity index is 984. The van der Waals surface area contributed by atoms with E-state index >= 15 is 0 Å². The summed E-state index contributed by atoms with van der Waals surface area (Å²) < 4.78 is 21.1. The van der Waals surface area contributed by atoms with Crippen LogP contribution in [0.5, 0.6) is 5.75 Å². The van der Waals surface area contributed by atoms with Crippen LogP contribution in [0.25, 0.3) is 0 Å². The molecule has 0 fully saturated rings. The van der Waals surface area contributed by atoms with Gasteiger partial charge in [-0.15, -0.1) is 10.2 Å². The van der Waals surface area contributed by atoms with Gasteiger partial charge in [-0.3, -0.25) is 4.79 Å². The van der Waals surface area contributed by atoms with Crippen LogP contribution < -0.4 is 15.9 Å². The van der Waals surface area contributed by atoms with E-state index in [2.05, 4.69) is 31.4 Å². The first-order valence-corrected chi connectivity index (χ1v) is 9.91. The summed E-state index contributed by atoms with van der Waals surface area (Å²) >= 11 is 4.52. The summed E-state index contributed by atoms with van der Waals surface area (Å²) in [7, 11) is 0. The molecule has 28 heavy (non-hydrogen) atoms. The minimum atomic E-state index is -0.474. The van der Waals surface area contributed by atoms with Gasteiger partial charge >= 0.3 is 0 Å². The van der Waals surface area contributed by atoms with Crippen LogP contribution in [0.4, 0.5) is 10.1 Å². The number of nitrogens with two attached hydrogens (primary N) is 1. The number of benzene rings is 2. The van der Waals surface area contributed by atoms with Crippen LogP contribution in [0.2, 0.25) is 0 Å². The molecule has 3 N–H and O–H groups in total. The van der Waals surface area contributed by atoms with Gasteiger partial charge in [0.25, 0.3) is 0 Å². The highest BCUT2D eigenvalue weighted by Crippen LogP contribution is 2.23. The maximum absolute atomic E-state index is 13.6. The second-order valence-electron chi connectivity index (χ2n) is 5.75. The number of thioether (sulfide) groups is 1. The van der Waals surface area contributed by atoms with Gasteiger partial charge < -0.3 is 15.9 Å². The summed E-state index contributed by atoms with van der Waals surface area (Å²) in [5.41, 5.74) is 0.681. The number of nitrogen functional groups attached to an aromatic ring is 1. The Hall–Kier alpha value is -2.59. The Kier molecular flexibility index (Phi) is 6.53. The molecular weight excluding hydrogens is 449 g/mol. The van der Waals surface area contributed by atoms with Crippen molar-refractivity contribution >= 4 is 39.3 Å². The summed E-state index contributed by atoms with van der Waals surface area (Å²) in [5.74, 6) is 5.72. The van der Waals surface area contributed by atoms with Crippen LogP contribution in [-0.4, -0.2) is 26.0 Å². The molecule has 1 atom stereocenters. The van der Waals surface area contributed by atoms with Crippen molar-refractivity contribution < 1.29 is 13.9 Å². The van der Waals surface area contributed by atoms with E-state index in [0.717, 1.165) is 16.2 Å². The first-order chi connectivity index (χ1) is 13.4. The van der Waals surface area contributed by atoms with Crippen molar-refractivity contribution in [3.8, 4) is 5.75 Å². The largest absolute Gasteiger partial charge is 0.482 e. The summed E-state index contributed by atoms with van der Waals surface area (Å²) in [4.78, 5) is 12.4. The van der Waals surface area contributed by atoms with Crippen LogP contribution in [0.1, 0.15) is 12.7 Å². The molecule has 0 aliphatic carbocycles. The molecule has 146 valence electrons.